The van der Waals surface area contributed by atoms with Gasteiger partial charge in [0, 0.05) is 11.0 Å². The summed E-state index contributed by atoms with van der Waals surface area (Å²) in [4.78, 5) is 23.6. The van der Waals surface area contributed by atoms with Crippen LogP contribution in [0.2, 0.25) is 0 Å². The second-order valence-electron chi connectivity index (χ2n) is 5.32. The molecule has 144 valence electrons. The molecule has 0 heterocycles. The van der Waals surface area contributed by atoms with Crippen molar-refractivity contribution in [3.05, 3.63) is 63.9 Å². The van der Waals surface area contributed by atoms with Crippen LogP contribution in [0.5, 0.6) is 5.75 Å². The molecule has 1 amide bonds. The van der Waals surface area contributed by atoms with Crippen LogP contribution in [-0.2, 0) is 16.0 Å². The molecule has 2 aromatic carbocycles. The van der Waals surface area contributed by atoms with Crippen LogP contribution in [0.4, 0.5) is 13.2 Å². The minimum Gasteiger partial charge on any atom is -0.452 e. The average Bonchev–Trinajstić information content (AvgIpc) is 2.62. The van der Waals surface area contributed by atoms with Gasteiger partial charge in [-0.2, -0.15) is 8.78 Å². The number of rotatable bonds is 8. The molecule has 0 aliphatic heterocycles. The molecule has 0 saturated heterocycles. The fourth-order valence-electron chi connectivity index (χ4n) is 2.10. The lowest BCUT2D eigenvalue weighted by Crippen LogP contribution is -2.30. The van der Waals surface area contributed by atoms with Gasteiger partial charge in [0.15, 0.2) is 6.61 Å². The molecule has 0 aliphatic carbocycles. The number of benzene rings is 2. The Labute approximate surface area is 161 Å². The first kappa shape index (κ1) is 20.8. The lowest BCUT2D eigenvalue weighted by Gasteiger charge is -2.08. The minimum absolute atomic E-state index is 0.0195. The molecule has 0 spiro atoms. The summed E-state index contributed by atoms with van der Waals surface area (Å²) in [5.41, 5.74) is 0.784. The van der Waals surface area contributed by atoms with Gasteiger partial charge in [-0.15, -0.1) is 0 Å². The van der Waals surface area contributed by atoms with Crippen LogP contribution in [0.3, 0.4) is 0 Å². The van der Waals surface area contributed by atoms with Gasteiger partial charge < -0.3 is 14.8 Å². The van der Waals surface area contributed by atoms with Crippen molar-refractivity contribution < 1.29 is 32.2 Å². The van der Waals surface area contributed by atoms with Gasteiger partial charge in [0.2, 0.25) is 0 Å². The van der Waals surface area contributed by atoms with Crippen molar-refractivity contribution in [2.45, 2.75) is 13.0 Å². The van der Waals surface area contributed by atoms with Gasteiger partial charge >= 0.3 is 12.6 Å². The predicted octanol–water partition coefficient (Wildman–Crippen LogP) is 3.71. The Hall–Kier alpha value is -2.55. The summed E-state index contributed by atoms with van der Waals surface area (Å²) >= 11 is 3.11. The van der Waals surface area contributed by atoms with E-state index in [1.165, 1.54) is 24.3 Å². The second kappa shape index (κ2) is 9.96. The number of ether oxygens (including phenoxy) is 2. The molecule has 0 saturated carbocycles. The highest BCUT2D eigenvalue weighted by molar-refractivity contribution is 9.10. The van der Waals surface area contributed by atoms with E-state index in [9.17, 15) is 22.8 Å². The van der Waals surface area contributed by atoms with E-state index in [1.54, 1.807) is 12.1 Å². The molecule has 0 atom stereocenters. The highest BCUT2D eigenvalue weighted by Crippen LogP contribution is 2.18. The highest BCUT2D eigenvalue weighted by Gasteiger charge is 2.14. The van der Waals surface area contributed by atoms with Gasteiger partial charge in [-0.3, -0.25) is 4.79 Å². The molecule has 27 heavy (non-hydrogen) atoms. The third kappa shape index (κ3) is 6.93. The molecule has 5 nitrogen and oxygen atoms in total. The molecule has 0 aliphatic rings. The predicted molar refractivity (Wildman–Crippen MR) is 94.2 cm³/mol. The molecular weight excluding hydrogens is 431 g/mol. The van der Waals surface area contributed by atoms with Crippen LogP contribution in [0.25, 0.3) is 0 Å². The lowest BCUT2D eigenvalue weighted by molar-refractivity contribution is -0.124. The van der Waals surface area contributed by atoms with E-state index in [0.29, 0.717) is 10.9 Å². The normalized spacial score (nSPS) is 10.6. The van der Waals surface area contributed by atoms with Crippen molar-refractivity contribution >= 4 is 27.8 Å². The minimum atomic E-state index is -2.88. The zero-order valence-electron chi connectivity index (χ0n) is 13.9. The van der Waals surface area contributed by atoms with Crippen molar-refractivity contribution in [1.29, 1.82) is 0 Å². The van der Waals surface area contributed by atoms with Crippen LogP contribution in [0.15, 0.2) is 46.9 Å². The van der Waals surface area contributed by atoms with Crippen LogP contribution in [-0.4, -0.2) is 31.6 Å². The van der Waals surface area contributed by atoms with Gasteiger partial charge in [0.05, 0.1) is 5.56 Å². The lowest BCUT2D eigenvalue weighted by atomic mass is 10.1. The number of halogens is 4. The molecule has 9 heteroatoms. The van der Waals surface area contributed by atoms with E-state index in [-0.39, 0.29) is 17.9 Å². The molecule has 2 rings (SSSR count). The fraction of sp³-hybridized carbons (Fsp3) is 0.222. The first-order valence-corrected chi connectivity index (χ1v) is 8.57. The summed E-state index contributed by atoms with van der Waals surface area (Å²) in [6.45, 7) is -3.14. The Kier molecular flexibility index (Phi) is 7.66. The molecule has 0 unspecified atom stereocenters. The molecular formula is C18H15BrF3NO4. The van der Waals surface area contributed by atoms with E-state index < -0.39 is 30.9 Å². The first-order chi connectivity index (χ1) is 12.8. The number of hydrogen-bond donors (Lipinski definition) is 1. The van der Waals surface area contributed by atoms with Gasteiger partial charge in [-0.05, 0) is 58.2 Å². The van der Waals surface area contributed by atoms with E-state index >= 15 is 0 Å². The summed E-state index contributed by atoms with van der Waals surface area (Å²) in [5.74, 6) is -1.90. The van der Waals surface area contributed by atoms with E-state index in [0.717, 1.165) is 11.6 Å². The summed E-state index contributed by atoms with van der Waals surface area (Å²) in [5, 5.41) is 2.56. The quantitative estimate of drug-likeness (QED) is 0.629. The Morgan fingerprint density at radius 3 is 2.48 bits per heavy atom. The summed E-state index contributed by atoms with van der Waals surface area (Å²) < 4.78 is 46.7. The number of hydrogen-bond acceptors (Lipinski definition) is 4. The maximum atomic E-state index is 13.2. The molecule has 0 fully saturated rings. The monoisotopic (exact) mass is 445 g/mol. The van der Waals surface area contributed by atoms with Crippen LogP contribution >= 0.6 is 15.9 Å². The van der Waals surface area contributed by atoms with Crippen molar-refractivity contribution in [2.24, 2.45) is 0 Å². The Morgan fingerprint density at radius 2 is 1.81 bits per heavy atom. The van der Waals surface area contributed by atoms with Crippen molar-refractivity contribution in [1.82, 2.24) is 5.32 Å². The zero-order chi connectivity index (χ0) is 19.8. The molecule has 1 N–H and O–H groups in total. The maximum Gasteiger partial charge on any atom is 0.387 e. The van der Waals surface area contributed by atoms with Crippen molar-refractivity contribution in [3.63, 3.8) is 0 Å². The Balaban J connectivity index is 1.73. The third-order valence-electron chi connectivity index (χ3n) is 3.37. The van der Waals surface area contributed by atoms with Crippen LogP contribution < -0.4 is 10.1 Å². The first-order valence-electron chi connectivity index (χ1n) is 7.78. The molecule has 0 radical (unpaired) electrons. The van der Waals surface area contributed by atoms with Gasteiger partial charge in [0.1, 0.15) is 11.6 Å². The number of carbonyl (C=O) groups excluding carboxylic acids is 2. The highest BCUT2D eigenvalue weighted by atomic mass is 79.9. The molecule has 2 aromatic rings. The largest absolute Gasteiger partial charge is 0.452 e. The number of nitrogens with one attached hydrogen (secondary N) is 1. The van der Waals surface area contributed by atoms with Crippen LogP contribution in [0, 0.1) is 5.82 Å². The van der Waals surface area contributed by atoms with E-state index in [2.05, 4.69) is 26.0 Å². The molecule has 0 bridgehead atoms. The Morgan fingerprint density at radius 1 is 1.11 bits per heavy atom. The van der Waals surface area contributed by atoms with Gasteiger partial charge in [0.25, 0.3) is 5.91 Å². The number of carbonyl (C=O) groups is 2. The average molecular weight is 446 g/mol. The SMILES string of the molecule is O=C(COC(=O)c1cc(F)ccc1Br)NCCc1ccc(OC(F)F)cc1. The van der Waals surface area contributed by atoms with Crippen LogP contribution in [0.1, 0.15) is 15.9 Å². The van der Waals surface area contributed by atoms with E-state index in [4.69, 9.17) is 4.74 Å². The topological polar surface area (TPSA) is 64.6 Å². The summed E-state index contributed by atoms with van der Waals surface area (Å²) in [6, 6.07) is 9.57. The zero-order valence-corrected chi connectivity index (χ0v) is 15.5. The Bertz CT molecular complexity index is 800. The second-order valence-corrected chi connectivity index (χ2v) is 6.18. The van der Waals surface area contributed by atoms with Gasteiger partial charge in [-0.25, -0.2) is 9.18 Å². The summed E-state index contributed by atoms with van der Waals surface area (Å²) in [6.07, 6.45) is 0.449. The number of esters is 1. The van der Waals surface area contributed by atoms with Crippen molar-refractivity contribution in [3.8, 4) is 5.75 Å². The standard InChI is InChI=1S/C18H15BrF3NO4/c19-15-6-3-12(20)9-14(15)17(25)26-10-16(24)23-8-7-11-1-4-13(5-2-11)27-18(21)22/h1-6,9,18H,7-8,10H2,(H,23,24). The summed E-state index contributed by atoms with van der Waals surface area (Å²) in [7, 11) is 0. The maximum absolute atomic E-state index is 13.2. The van der Waals surface area contributed by atoms with Gasteiger partial charge in [-0.1, -0.05) is 12.1 Å². The fourth-order valence-corrected chi connectivity index (χ4v) is 2.51. The smallest absolute Gasteiger partial charge is 0.387 e. The van der Waals surface area contributed by atoms with E-state index in [1.807, 2.05) is 0 Å². The number of alkyl halides is 2. The molecule has 0 aromatic heterocycles. The van der Waals surface area contributed by atoms with Crippen molar-refractivity contribution in [2.75, 3.05) is 13.2 Å². The third-order valence-corrected chi connectivity index (χ3v) is 4.06. The number of amides is 1.